The van der Waals surface area contributed by atoms with E-state index >= 15 is 0 Å². The molecule has 0 aromatic rings. The SMILES string of the molecule is O=C(O)C1CCSC1C1CC1. The summed E-state index contributed by atoms with van der Waals surface area (Å²) in [5.41, 5.74) is 0. The zero-order chi connectivity index (χ0) is 7.84. The van der Waals surface area contributed by atoms with E-state index in [2.05, 4.69) is 0 Å². The fourth-order valence-electron chi connectivity index (χ4n) is 1.76. The topological polar surface area (TPSA) is 37.3 Å². The molecular formula is C8H12O2S. The first-order chi connectivity index (χ1) is 5.29. The third kappa shape index (κ3) is 1.39. The monoisotopic (exact) mass is 172 g/mol. The Bertz CT molecular complexity index is 177. The predicted molar refractivity (Wildman–Crippen MR) is 44.7 cm³/mol. The number of carboxylic acids is 1. The highest BCUT2D eigenvalue weighted by atomic mass is 32.2. The van der Waals surface area contributed by atoms with E-state index in [-0.39, 0.29) is 5.92 Å². The standard InChI is InChI=1S/C8H12O2S/c9-8(10)6-3-4-11-7(6)5-1-2-5/h5-7H,1-4H2,(H,9,10). The summed E-state index contributed by atoms with van der Waals surface area (Å²) in [6.07, 6.45) is 3.42. The molecule has 1 heterocycles. The second-order valence-electron chi connectivity index (χ2n) is 3.41. The lowest BCUT2D eigenvalue weighted by Crippen LogP contribution is -2.22. The van der Waals surface area contributed by atoms with Gasteiger partial charge in [-0.2, -0.15) is 11.8 Å². The number of hydrogen-bond acceptors (Lipinski definition) is 2. The Morgan fingerprint density at radius 2 is 2.09 bits per heavy atom. The van der Waals surface area contributed by atoms with Crippen LogP contribution in [0.4, 0.5) is 0 Å². The molecule has 1 aliphatic carbocycles. The quantitative estimate of drug-likeness (QED) is 0.687. The molecule has 0 aromatic heterocycles. The fraction of sp³-hybridized carbons (Fsp3) is 0.875. The van der Waals surface area contributed by atoms with E-state index in [9.17, 15) is 4.79 Å². The smallest absolute Gasteiger partial charge is 0.307 e. The number of thioether (sulfide) groups is 1. The van der Waals surface area contributed by atoms with Crippen LogP contribution in [0.15, 0.2) is 0 Å². The third-order valence-electron chi connectivity index (χ3n) is 2.54. The lowest BCUT2D eigenvalue weighted by molar-refractivity contribution is -0.141. The first kappa shape index (κ1) is 7.47. The van der Waals surface area contributed by atoms with Gasteiger partial charge in [-0.15, -0.1) is 0 Å². The Morgan fingerprint density at radius 1 is 1.36 bits per heavy atom. The molecule has 3 heteroatoms. The molecule has 2 nitrogen and oxygen atoms in total. The van der Waals surface area contributed by atoms with Crippen LogP contribution in [-0.2, 0) is 4.79 Å². The summed E-state index contributed by atoms with van der Waals surface area (Å²) in [7, 11) is 0. The molecule has 1 saturated carbocycles. The molecule has 0 amide bonds. The van der Waals surface area contributed by atoms with E-state index in [0.717, 1.165) is 18.1 Å². The van der Waals surface area contributed by atoms with Gasteiger partial charge in [-0.05, 0) is 30.9 Å². The molecule has 2 aliphatic rings. The number of aliphatic carboxylic acids is 1. The fourth-order valence-corrected chi connectivity index (χ4v) is 3.46. The van der Waals surface area contributed by atoms with Gasteiger partial charge >= 0.3 is 5.97 Å². The summed E-state index contributed by atoms with van der Waals surface area (Å²) >= 11 is 1.87. The minimum absolute atomic E-state index is 0.0347. The first-order valence-corrected chi connectivity index (χ1v) is 5.18. The lowest BCUT2D eigenvalue weighted by Gasteiger charge is -2.12. The molecule has 0 spiro atoms. The molecule has 1 N–H and O–H groups in total. The van der Waals surface area contributed by atoms with Gasteiger partial charge in [0, 0.05) is 5.25 Å². The lowest BCUT2D eigenvalue weighted by atomic mass is 10.00. The second-order valence-corrected chi connectivity index (χ2v) is 4.69. The van der Waals surface area contributed by atoms with Crippen LogP contribution in [0.5, 0.6) is 0 Å². The summed E-state index contributed by atoms with van der Waals surface area (Å²) in [5.74, 6) is 1.18. The van der Waals surface area contributed by atoms with Crippen LogP contribution >= 0.6 is 11.8 Å². The van der Waals surface area contributed by atoms with Crippen LogP contribution in [0, 0.1) is 11.8 Å². The van der Waals surface area contributed by atoms with Gasteiger partial charge in [0.05, 0.1) is 5.92 Å². The zero-order valence-electron chi connectivity index (χ0n) is 6.32. The van der Waals surface area contributed by atoms with Crippen molar-refractivity contribution in [1.29, 1.82) is 0 Å². The number of carboxylic acid groups (broad SMARTS) is 1. The van der Waals surface area contributed by atoms with E-state index in [1.165, 1.54) is 12.8 Å². The van der Waals surface area contributed by atoms with Crippen molar-refractivity contribution in [3.05, 3.63) is 0 Å². The minimum Gasteiger partial charge on any atom is -0.481 e. The largest absolute Gasteiger partial charge is 0.481 e. The number of rotatable bonds is 2. The van der Waals surface area contributed by atoms with Gasteiger partial charge in [0.1, 0.15) is 0 Å². The van der Waals surface area contributed by atoms with E-state index in [4.69, 9.17) is 5.11 Å². The first-order valence-electron chi connectivity index (χ1n) is 4.13. The predicted octanol–water partition coefficient (Wildman–Crippen LogP) is 1.60. The molecule has 11 heavy (non-hydrogen) atoms. The molecule has 0 aromatic carbocycles. The summed E-state index contributed by atoms with van der Waals surface area (Å²) < 4.78 is 0. The molecule has 2 fully saturated rings. The van der Waals surface area contributed by atoms with Gasteiger partial charge < -0.3 is 5.11 Å². The molecule has 2 atom stereocenters. The Balaban J connectivity index is 2.01. The van der Waals surface area contributed by atoms with Crippen molar-refractivity contribution in [3.8, 4) is 0 Å². The third-order valence-corrected chi connectivity index (χ3v) is 4.11. The molecule has 62 valence electrons. The minimum atomic E-state index is -0.577. The van der Waals surface area contributed by atoms with Gasteiger partial charge in [-0.3, -0.25) is 4.79 Å². The van der Waals surface area contributed by atoms with E-state index in [0.29, 0.717) is 5.25 Å². The Hall–Kier alpha value is -0.180. The van der Waals surface area contributed by atoms with Crippen LogP contribution in [0.3, 0.4) is 0 Å². The number of carbonyl (C=O) groups is 1. The molecule has 1 saturated heterocycles. The maximum absolute atomic E-state index is 10.7. The average molecular weight is 172 g/mol. The van der Waals surface area contributed by atoms with Crippen LogP contribution in [0.1, 0.15) is 19.3 Å². The van der Waals surface area contributed by atoms with Crippen molar-refractivity contribution < 1.29 is 9.90 Å². The average Bonchev–Trinajstić information content (AvgIpc) is 2.68. The van der Waals surface area contributed by atoms with Crippen LogP contribution < -0.4 is 0 Å². The summed E-state index contributed by atoms with van der Waals surface area (Å²) in [6.45, 7) is 0. The maximum Gasteiger partial charge on any atom is 0.307 e. The second kappa shape index (κ2) is 2.70. The molecule has 2 unspecified atom stereocenters. The van der Waals surface area contributed by atoms with Gasteiger partial charge in [-0.25, -0.2) is 0 Å². The highest BCUT2D eigenvalue weighted by Gasteiger charge is 2.43. The van der Waals surface area contributed by atoms with Crippen molar-refractivity contribution in [1.82, 2.24) is 0 Å². The Morgan fingerprint density at radius 3 is 2.64 bits per heavy atom. The zero-order valence-corrected chi connectivity index (χ0v) is 7.14. The van der Waals surface area contributed by atoms with Crippen molar-refractivity contribution >= 4 is 17.7 Å². The highest BCUT2D eigenvalue weighted by Crippen LogP contribution is 2.47. The maximum atomic E-state index is 10.7. The molecular weight excluding hydrogens is 160 g/mol. The van der Waals surface area contributed by atoms with E-state index in [1.807, 2.05) is 11.8 Å². The Kier molecular flexibility index (Phi) is 1.83. The van der Waals surface area contributed by atoms with Gasteiger partial charge in [0.15, 0.2) is 0 Å². The van der Waals surface area contributed by atoms with Gasteiger partial charge in [-0.1, -0.05) is 0 Å². The molecule has 1 aliphatic heterocycles. The van der Waals surface area contributed by atoms with Crippen molar-refractivity contribution in [2.45, 2.75) is 24.5 Å². The summed E-state index contributed by atoms with van der Waals surface area (Å²) in [5, 5.41) is 9.30. The van der Waals surface area contributed by atoms with Crippen molar-refractivity contribution in [2.24, 2.45) is 11.8 Å². The molecule has 2 rings (SSSR count). The van der Waals surface area contributed by atoms with Crippen LogP contribution in [-0.4, -0.2) is 22.1 Å². The molecule has 0 radical (unpaired) electrons. The summed E-state index contributed by atoms with van der Waals surface area (Å²) in [6, 6.07) is 0. The molecule has 0 bridgehead atoms. The van der Waals surface area contributed by atoms with E-state index < -0.39 is 5.97 Å². The van der Waals surface area contributed by atoms with Crippen LogP contribution in [0.25, 0.3) is 0 Å². The highest BCUT2D eigenvalue weighted by molar-refractivity contribution is 8.00. The van der Waals surface area contributed by atoms with Crippen molar-refractivity contribution in [3.63, 3.8) is 0 Å². The normalized spacial score (nSPS) is 37.5. The van der Waals surface area contributed by atoms with Crippen molar-refractivity contribution in [2.75, 3.05) is 5.75 Å². The van der Waals surface area contributed by atoms with Gasteiger partial charge in [0.25, 0.3) is 0 Å². The van der Waals surface area contributed by atoms with Gasteiger partial charge in [0.2, 0.25) is 0 Å². The number of hydrogen-bond donors (Lipinski definition) is 1. The Labute approximate surface area is 70.4 Å². The van der Waals surface area contributed by atoms with Crippen LogP contribution in [0.2, 0.25) is 0 Å². The van der Waals surface area contributed by atoms with E-state index in [1.54, 1.807) is 0 Å². The summed E-state index contributed by atoms with van der Waals surface area (Å²) in [4.78, 5) is 10.7.